The van der Waals surface area contributed by atoms with E-state index in [1.165, 1.54) is 20.3 Å². The van der Waals surface area contributed by atoms with Crippen LogP contribution in [0.2, 0.25) is 0 Å². The molecule has 124 valence electrons. The van der Waals surface area contributed by atoms with Gasteiger partial charge in [-0.15, -0.1) is 0 Å². The zero-order valence-corrected chi connectivity index (χ0v) is 13.4. The van der Waals surface area contributed by atoms with Crippen LogP contribution in [0.1, 0.15) is 15.9 Å². The number of benzene rings is 1. The lowest BCUT2D eigenvalue weighted by molar-refractivity contribution is -0.117. The average molecular weight is 327 g/mol. The molecule has 1 aromatic heterocycles. The van der Waals surface area contributed by atoms with E-state index in [0.717, 1.165) is 0 Å². The summed E-state index contributed by atoms with van der Waals surface area (Å²) in [5.41, 5.74) is 1.57. The summed E-state index contributed by atoms with van der Waals surface area (Å²) in [6, 6.07) is 7.02. The van der Waals surface area contributed by atoms with Crippen LogP contribution in [0.4, 0.5) is 0 Å². The minimum absolute atomic E-state index is 0.0633. The number of nitrogens with zero attached hydrogens (tertiary/aromatic N) is 1. The van der Waals surface area contributed by atoms with Crippen LogP contribution in [0, 0.1) is 11.3 Å². The number of aromatic amines is 1. The topological polar surface area (TPSA) is 104 Å². The molecule has 2 rings (SSSR count). The van der Waals surface area contributed by atoms with Gasteiger partial charge in [0.05, 0.1) is 19.3 Å². The van der Waals surface area contributed by atoms with E-state index in [-0.39, 0.29) is 5.57 Å². The maximum absolute atomic E-state index is 12.0. The molecule has 0 atom stereocenters. The average Bonchev–Trinajstić information content (AvgIpc) is 3.02. The molecule has 0 bridgehead atoms. The van der Waals surface area contributed by atoms with Crippen molar-refractivity contribution in [3.05, 3.63) is 41.1 Å². The first-order valence-corrected chi connectivity index (χ1v) is 7.19. The molecule has 0 unspecified atom stereocenters. The molecule has 0 saturated carbocycles. The summed E-state index contributed by atoms with van der Waals surface area (Å²) in [6.07, 6.45) is 3.07. The molecule has 7 heteroatoms. The minimum Gasteiger partial charge on any atom is -0.465 e. The molecule has 0 aliphatic heterocycles. The number of rotatable bonds is 6. The lowest BCUT2D eigenvalue weighted by Crippen LogP contribution is -2.27. The van der Waals surface area contributed by atoms with Crippen LogP contribution >= 0.6 is 0 Å². The van der Waals surface area contributed by atoms with Gasteiger partial charge < -0.3 is 19.8 Å². The number of hydrogen-bond acceptors (Lipinski definition) is 5. The van der Waals surface area contributed by atoms with Crippen molar-refractivity contribution in [3.8, 4) is 6.07 Å². The van der Waals surface area contributed by atoms with E-state index >= 15 is 0 Å². The number of carbonyl (C=O) groups excluding carboxylic acids is 2. The van der Waals surface area contributed by atoms with Crippen molar-refractivity contribution >= 4 is 28.9 Å². The number of hydrogen-bond donors (Lipinski definition) is 2. The van der Waals surface area contributed by atoms with Crippen molar-refractivity contribution in [2.75, 3.05) is 27.4 Å². The Morgan fingerprint density at radius 1 is 1.38 bits per heavy atom. The highest BCUT2D eigenvalue weighted by atomic mass is 16.5. The second kappa shape index (κ2) is 7.94. The van der Waals surface area contributed by atoms with Crippen LogP contribution in [0.5, 0.6) is 0 Å². The number of H-pyrrole nitrogens is 1. The van der Waals surface area contributed by atoms with Crippen LogP contribution in [-0.2, 0) is 14.3 Å². The first-order valence-electron chi connectivity index (χ1n) is 7.19. The van der Waals surface area contributed by atoms with E-state index in [9.17, 15) is 14.9 Å². The van der Waals surface area contributed by atoms with Crippen molar-refractivity contribution in [3.63, 3.8) is 0 Å². The maximum atomic E-state index is 12.0. The number of esters is 1. The molecule has 24 heavy (non-hydrogen) atoms. The number of nitriles is 1. The molecule has 0 aliphatic carbocycles. The number of methoxy groups -OCH3 is 2. The first kappa shape index (κ1) is 17.2. The highest BCUT2D eigenvalue weighted by molar-refractivity contribution is 6.09. The monoisotopic (exact) mass is 327 g/mol. The fourth-order valence-electron chi connectivity index (χ4n) is 2.27. The third-order valence-electron chi connectivity index (χ3n) is 3.40. The minimum atomic E-state index is -0.501. The van der Waals surface area contributed by atoms with E-state index in [2.05, 4.69) is 10.3 Å². The van der Waals surface area contributed by atoms with Crippen molar-refractivity contribution < 1.29 is 19.1 Å². The predicted octanol–water partition coefficient (Wildman–Crippen LogP) is 1.62. The summed E-state index contributed by atoms with van der Waals surface area (Å²) in [5.74, 6) is -0.989. The first-order chi connectivity index (χ1) is 11.6. The summed E-state index contributed by atoms with van der Waals surface area (Å²) < 4.78 is 9.63. The largest absolute Gasteiger partial charge is 0.465 e. The van der Waals surface area contributed by atoms with E-state index < -0.39 is 11.9 Å². The Balaban J connectivity index is 2.42. The summed E-state index contributed by atoms with van der Waals surface area (Å²) >= 11 is 0. The quantitative estimate of drug-likeness (QED) is 0.363. The van der Waals surface area contributed by atoms with Gasteiger partial charge in [-0.05, 0) is 18.2 Å². The van der Waals surface area contributed by atoms with Crippen LogP contribution in [-0.4, -0.2) is 44.2 Å². The lowest BCUT2D eigenvalue weighted by Gasteiger charge is -2.04. The molecule has 0 spiro atoms. The Morgan fingerprint density at radius 3 is 2.83 bits per heavy atom. The number of ether oxygens (including phenoxy) is 2. The number of aromatic nitrogens is 1. The van der Waals surface area contributed by atoms with E-state index in [1.807, 2.05) is 6.07 Å². The smallest absolute Gasteiger partial charge is 0.338 e. The predicted molar refractivity (Wildman–Crippen MR) is 88.1 cm³/mol. The number of amides is 1. The molecule has 1 aromatic carbocycles. The molecule has 2 N–H and O–H groups in total. The van der Waals surface area contributed by atoms with Gasteiger partial charge in [-0.25, -0.2) is 4.79 Å². The van der Waals surface area contributed by atoms with Gasteiger partial charge in [0.1, 0.15) is 11.6 Å². The second-order valence-corrected chi connectivity index (χ2v) is 4.88. The molecule has 7 nitrogen and oxygen atoms in total. The van der Waals surface area contributed by atoms with Gasteiger partial charge in [-0.1, -0.05) is 6.07 Å². The Hall–Kier alpha value is -3.11. The van der Waals surface area contributed by atoms with Crippen molar-refractivity contribution in [2.24, 2.45) is 0 Å². The molecule has 0 radical (unpaired) electrons. The number of carbonyl (C=O) groups is 2. The third kappa shape index (κ3) is 3.62. The Kier molecular flexibility index (Phi) is 5.71. The third-order valence-corrected chi connectivity index (χ3v) is 3.40. The summed E-state index contributed by atoms with van der Waals surface area (Å²) in [6.45, 7) is 0.652. The standard InChI is InChI=1S/C17H17N3O4/c1-23-7-6-19-16(21)11(9-18)8-12-10-20-14-5-3-4-13(15(12)14)17(22)24-2/h3-5,8,10,20H,6-7H2,1-2H3,(H,19,21). The number of nitrogens with one attached hydrogen (secondary N) is 2. The van der Waals surface area contributed by atoms with Crippen molar-refractivity contribution in [1.29, 1.82) is 5.26 Å². The van der Waals surface area contributed by atoms with Gasteiger partial charge in [0, 0.05) is 36.3 Å². The van der Waals surface area contributed by atoms with Crippen molar-refractivity contribution in [2.45, 2.75) is 0 Å². The fraction of sp³-hybridized carbons (Fsp3) is 0.235. The van der Waals surface area contributed by atoms with Gasteiger partial charge in [0.25, 0.3) is 5.91 Å². The van der Waals surface area contributed by atoms with E-state index in [0.29, 0.717) is 35.2 Å². The van der Waals surface area contributed by atoms with Crippen LogP contribution in [0.3, 0.4) is 0 Å². The normalized spacial score (nSPS) is 11.1. The van der Waals surface area contributed by atoms with Crippen molar-refractivity contribution in [1.82, 2.24) is 10.3 Å². The SMILES string of the molecule is COCCNC(=O)C(C#N)=Cc1c[nH]c2cccc(C(=O)OC)c12. The summed E-state index contributed by atoms with van der Waals surface area (Å²) in [5, 5.41) is 12.4. The van der Waals surface area contributed by atoms with Gasteiger partial charge in [-0.3, -0.25) is 4.79 Å². The van der Waals surface area contributed by atoms with Crippen LogP contribution < -0.4 is 5.32 Å². The zero-order valence-electron chi connectivity index (χ0n) is 13.4. The second-order valence-electron chi connectivity index (χ2n) is 4.88. The lowest BCUT2D eigenvalue weighted by atomic mass is 10.0. The van der Waals surface area contributed by atoms with Gasteiger partial charge in [0.15, 0.2) is 0 Å². The van der Waals surface area contributed by atoms with Gasteiger partial charge in [0.2, 0.25) is 0 Å². The molecule has 1 amide bonds. The summed E-state index contributed by atoms with van der Waals surface area (Å²) in [7, 11) is 2.82. The molecule has 1 heterocycles. The molecule has 0 aliphatic rings. The molecule has 0 fully saturated rings. The molecular formula is C17H17N3O4. The molecule has 2 aromatic rings. The Labute approximate surface area is 138 Å². The Morgan fingerprint density at radius 2 is 2.17 bits per heavy atom. The van der Waals surface area contributed by atoms with Crippen LogP contribution in [0.15, 0.2) is 30.0 Å². The van der Waals surface area contributed by atoms with E-state index in [1.54, 1.807) is 24.4 Å². The highest BCUT2D eigenvalue weighted by Gasteiger charge is 2.16. The van der Waals surface area contributed by atoms with Gasteiger partial charge in [-0.2, -0.15) is 5.26 Å². The molecule has 0 saturated heterocycles. The Bertz CT molecular complexity index is 830. The van der Waals surface area contributed by atoms with E-state index in [4.69, 9.17) is 9.47 Å². The molecular weight excluding hydrogens is 310 g/mol. The highest BCUT2D eigenvalue weighted by Crippen LogP contribution is 2.25. The number of fused-ring (bicyclic) bond motifs is 1. The zero-order chi connectivity index (χ0) is 17.5. The van der Waals surface area contributed by atoms with Gasteiger partial charge >= 0.3 is 5.97 Å². The maximum Gasteiger partial charge on any atom is 0.338 e. The fourth-order valence-corrected chi connectivity index (χ4v) is 2.27. The van der Waals surface area contributed by atoms with Crippen LogP contribution in [0.25, 0.3) is 17.0 Å². The summed E-state index contributed by atoms with van der Waals surface area (Å²) in [4.78, 5) is 27.0.